The van der Waals surface area contributed by atoms with E-state index in [1.54, 1.807) is 6.07 Å². The highest BCUT2D eigenvalue weighted by molar-refractivity contribution is 5.90. The SMILES string of the molecule is N#CC(C(=O)C1CCOC1)c1ccccc1F. The molecular weight excluding hydrogens is 221 g/mol. The van der Waals surface area contributed by atoms with Gasteiger partial charge in [-0.05, 0) is 12.5 Å². The van der Waals surface area contributed by atoms with Gasteiger partial charge in [-0.3, -0.25) is 4.79 Å². The standard InChI is InChI=1S/C13H12FNO2/c14-12-4-2-1-3-10(12)11(7-15)13(16)9-5-6-17-8-9/h1-4,9,11H,5-6,8H2. The lowest BCUT2D eigenvalue weighted by molar-refractivity contribution is -0.123. The van der Waals surface area contributed by atoms with Gasteiger partial charge in [0.15, 0.2) is 5.78 Å². The van der Waals surface area contributed by atoms with Crippen LogP contribution in [0.2, 0.25) is 0 Å². The Morgan fingerprint density at radius 3 is 2.88 bits per heavy atom. The normalized spacial score (nSPS) is 20.8. The van der Waals surface area contributed by atoms with Crippen molar-refractivity contribution >= 4 is 5.78 Å². The topological polar surface area (TPSA) is 50.1 Å². The molecule has 0 aromatic heterocycles. The summed E-state index contributed by atoms with van der Waals surface area (Å²) in [6, 6.07) is 7.80. The van der Waals surface area contributed by atoms with Gasteiger partial charge in [0.05, 0.1) is 12.7 Å². The molecule has 17 heavy (non-hydrogen) atoms. The van der Waals surface area contributed by atoms with Crippen molar-refractivity contribution in [3.8, 4) is 6.07 Å². The van der Waals surface area contributed by atoms with E-state index in [4.69, 9.17) is 10.00 Å². The van der Waals surface area contributed by atoms with Gasteiger partial charge < -0.3 is 4.74 Å². The van der Waals surface area contributed by atoms with Gasteiger partial charge in [-0.1, -0.05) is 18.2 Å². The Morgan fingerprint density at radius 1 is 1.53 bits per heavy atom. The largest absolute Gasteiger partial charge is 0.381 e. The zero-order valence-corrected chi connectivity index (χ0v) is 9.23. The Kier molecular flexibility index (Phi) is 3.50. The quantitative estimate of drug-likeness (QED) is 0.802. The zero-order chi connectivity index (χ0) is 12.3. The second kappa shape index (κ2) is 5.07. The molecule has 0 spiro atoms. The number of carbonyl (C=O) groups is 1. The first-order valence-corrected chi connectivity index (χ1v) is 5.49. The maximum atomic E-state index is 13.5. The van der Waals surface area contributed by atoms with E-state index in [0.717, 1.165) is 0 Å². The van der Waals surface area contributed by atoms with Crippen LogP contribution in [0.1, 0.15) is 17.9 Å². The molecule has 0 radical (unpaired) electrons. The van der Waals surface area contributed by atoms with Crippen molar-refractivity contribution in [3.63, 3.8) is 0 Å². The lowest BCUT2D eigenvalue weighted by Gasteiger charge is -2.13. The average molecular weight is 233 g/mol. The first-order valence-electron chi connectivity index (χ1n) is 5.49. The lowest BCUT2D eigenvalue weighted by Crippen LogP contribution is -2.22. The summed E-state index contributed by atoms with van der Waals surface area (Å²) in [6.45, 7) is 0.872. The Hall–Kier alpha value is -1.73. The highest BCUT2D eigenvalue weighted by atomic mass is 19.1. The van der Waals surface area contributed by atoms with Crippen molar-refractivity contribution in [2.45, 2.75) is 12.3 Å². The first-order chi connectivity index (χ1) is 8.24. The summed E-state index contributed by atoms with van der Waals surface area (Å²) in [7, 11) is 0. The van der Waals surface area contributed by atoms with Crippen molar-refractivity contribution in [1.82, 2.24) is 0 Å². The van der Waals surface area contributed by atoms with Gasteiger partial charge in [0, 0.05) is 18.1 Å². The second-order valence-corrected chi connectivity index (χ2v) is 4.05. The number of hydrogen-bond acceptors (Lipinski definition) is 3. The molecule has 1 saturated heterocycles. The molecule has 1 aliphatic heterocycles. The van der Waals surface area contributed by atoms with Crippen LogP contribution >= 0.6 is 0 Å². The first kappa shape index (κ1) is 11.7. The van der Waals surface area contributed by atoms with Gasteiger partial charge in [-0.15, -0.1) is 0 Å². The molecule has 0 amide bonds. The van der Waals surface area contributed by atoms with E-state index in [9.17, 15) is 9.18 Å². The van der Waals surface area contributed by atoms with Crippen molar-refractivity contribution in [3.05, 3.63) is 35.6 Å². The smallest absolute Gasteiger partial charge is 0.160 e. The van der Waals surface area contributed by atoms with Gasteiger partial charge in [-0.2, -0.15) is 5.26 Å². The van der Waals surface area contributed by atoms with Gasteiger partial charge in [-0.25, -0.2) is 4.39 Å². The van der Waals surface area contributed by atoms with Crippen LogP contribution < -0.4 is 0 Å². The molecule has 1 heterocycles. The summed E-state index contributed by atoms with van der Waals surface area (Å²) in [5, 5.41) is 9.06. The maximum Gasteiger partial charge on any atom is 0.160 e. The Labute approximate surface area is 98.8 Å². The van der Waals surface area contributed by atoms with E-state index in [1.165, 1.54) is 18.2 Å². The molecule has 0 saturated carbocycles. The number of hydrogen-bond donors (Lipinski definition) is 0. The summed E-state index contributed by atoms with van der Waals surface area (Å²) in [6.07, 6.45) is 0.617. The van der Waals surface area contributed by atoms with Gasteiger partial charge in [0.2, 0.25) is 0 Å². The minimum atomic E-state index is -1.03. The molecule has 1 aromatic rings. The molecule has 0 bridgehead atoms. The zero-order valence-electron chi connectivity index (χ0n) is 9.23. The third kappa shape index (κ3) is 2.34. The number of ketones is 1. The van der Waals surface area contributed by atoms with Crippen molar-refractivity contribution in [1.29, 1.82) is 5.26 Å². The number of halogens is 1. The second-order valence-electron chi connectivity index (χ2n) is 4.05. The van der Waals surface area contributed by atoms with E-state index in [0.29, 0.717) is 19.6 Å². The Balaban J connectivity index is 2.25. The summed E-state index contributed by atoms with van der Waals surface area (Å²) in [5.41, 5.74) is 0.159. The van der Waals surface area contributed by atoms with Crippen LogP contribution in [-0.4, -0.2) is 19.0 Å². The highest BCUT2D eigenvalue weighted by Gasteiger charge is 2.32. The third-order valence-corrected chi connectivity index (χ3v) is 2.96. The molecule has 0 aliphatic carbocycles. The monoisotopic (exact) mass is 233 g/mol. The van der Waals surface area contributed by atoms with Gasteiger partial charge in [0.1, 0.15) is 11.7 Å². The fourth-order valence-corrected chi connectivity index (χ4v) is 1.99. The number of nitrogens with zero attached hydrogens (tertiary/aromatic N) is 1. The number of Topliss-reactive ketones (excluding diaryl/α,β-unsaturated/α-hetero) is 1. The summed E-state index contributed by atoms with van der Waals surface area (Å²) in [4.78, 5) is 12.1. The van der Waals surface area contributed by atoms with E-state index < -0.39 is 11.7 Å². The molecule has 88 valence electrons. The number of carbonyl (C=O) groups excluding carboxylic acids is 1. The summed E-state index contributed by atoms with van der Waals surface area (Å²) >= 11 is 0. The Bertz CT molecular complexity index is 461. The van der Waals surface area contributed by atoms with E-state index >= 15 is 0 Å². The highest BCUT2D eigenvalue weighted by Crippen LogP contribution is 2.26. The van der Waals surface area contributed by atoms with E-state index in [1.807, 2.05) is 6.07 Å². The fraction of sp³-hybridized carbons (Fsp3) is 0.385. The van der Waals surface area contributed by atoms with Crippen LogP contribution in [0.3, 0.4) is 0 Å². The predicted octanol–water partition coefficient (Wildman–Crippen LogP) is 2.04. The molecule has 2 unspecified atom stereocenters. The molecule has 0 N–H and O–H groups in total. The van der Waals surface area contributed by atoms with E-state index in [-0.39, 0.29) is 17.3 Å². The molecule has 2 rings (SSSR count). The number of rotatable bonds is 3. The van der Waals surface area contributed by atoms with Crippen molar-refractivity contribution in [2.75, 3.05) is 13.2 Å². The van der Waals surface area contributed by atoms with Crippen LogP contribution in [0.4, 0.5) is 4.39 Å². The maximum absolute atomic E-state index is 13.5. The molecule has 2 atom stereocenters. The molecule has 3 nitrogen and oxygen atoms in total. The summed E-state index contributed by atoms with van der Waals surface area (Å²) < 4.78 is 18.7. The molecular formula is C13H12FNO2. The van der Waals surface area contributed by atoms with Crippen molar-refractivity contribution in [2.24, 2.45) is 5.92 Å². The van der Waals surface area contributed by atoms with E-state index in [2.05, 4.69) is 0 Å². The van der Waals surface area contributed by atoms with Gasteiger partial charge >= 0.3 is 0 Å². The summed E-state index contributed by atoms with van der Waals surface area (Å²) in [5.74, 6) is -2.05. The number of nitriles is 1. The van der Waals surface area contributed by atoms with Crippen LogP contribution in [-0.2, 0) is 9.53 Å². The fourth-order valence-electron chi connectivity index (χ4n) is 1.99. The van der Waals surface area contributed by atoms with Crippen LogP contribution in [0.15, 0.2) is 24.3 Å². The minimum Gasteiger partial charge on any atom is -0.381 e. The van der Waals surface area contributed by atoms with Crippen LogP contribution in [0, 0.1) is 23.1 Å². The Morgan fingerprint density at radius 2 is 2.29 bits per heavy atom. The predicted molar refractivity (Wildman–Crippen MR) is 58.7 cm³/mol. The molecule has 1 aliphatic rings. The molecule has 1 aromatic carbocycles. The van der Waals surface area contributed by atoms with Gasteiger partial charge in [0.25, 0.3) is 0 Å². The molecule has 1 fully saturated rings. The lowest BCUT2D eigenvalue weighted by atomic mass is 9.87. The third-order valence-electron chi connectivity index (χ3n) is 2.96. The van der Waals surface area contributed by atoms with Crippen LogP contribution in [0.5, 0.6) is 0 Å². The van der Waals surface area contributed by atoms with Crippen molar-refractivity contribution < 1.29 is 13.9 Å². The molecule has 4 heteroatoms. The van der Waals surface area contributed by atoms with Crippen LogP contribution in [0.25, 0.3) is 0 Å². The minimum absolute atomic E-state index is 0.159. The number of ether oxygens (including phenoxy) is 1. The number of benzene rings is 1. The average Bonchev–Trinajstić information content (AvgIpc) is 2.86.